The van der Waals surface area contributed by atoms with Crippen molar-refractivity contribution in [1.82, 2.24) is 5.32 Å². The average molecular weight is 300 g/mol. The van der Waals surface area contributed by atoms with Gasteiger partial charge in [0.15, 0.2) is 9.84 Å². The van der Waals surface area contributed by atoms with Crippen LogP contribution in [0.15, 0.2) is 29.2 Å². The summed E-state index contributed by atoms with van der Waals surface area (Å²) >= 11 is 0. The molecule has 0 aliphatic heterocycles. The zero-order valence-corrected chi connectivity index (χ0v) is 12.7. The molecule has 0 radical (unpaired) electrons. The third-order valence-corrected chi connectivity index (χ3v) is 5.35. The van der Waals surface area contributed by atoms with Crippen LogP contribution in [0.25, 0.3) is 0 Å². The Labute approximate surface area is 119 Å². The zero-order valence-electron chi connectivity index (χ0n) is 11.9. The number of benzene rings is 1. The topological polar surface area (TPSA) is 89.3 Å². The van der Waals surface area contributed by atoms with Gasteiger partial charge in [0.25, 0.3) is 5.69 Å². The summed E-state index contributed by atoms with van der Waals surface area (Å²) in [7, 11) is -3.71. The van der Waals surface area contributed by atoms with Crippen molar-refractivity contribution >= 4 is 15.5 Å². The molecular formula is C13H20N2O4S. The Morgan fingerprint density at radius 1 is 1.30 bits per heavy atom. The minimum atomic E-state index is -3.71. The number of nitrogens with zero attached hydrogens (tertiary/aromatic N) is 1. The Bertz CT molecular complexity index is 571. The van der Waals surface area contributed by atoms with E-state index < -0.39 is 20.0 Å². The highest BCUT2D eigenvalue weighted by Gasteiger charge is 2.31. The highest BCUT2D eigenvalue weighted by molar-refractivity contribution is 7.92. The zero-order chi connectivity index (χ0) is 15.3. The maximum absolute atomic E-state index is 12.5. The van der Waals surface area contributed by atoms with Gasteiger partial charge in [0.05, 0.1) is 10.2 Å². The molecule has 1 aromatic rings. The molecule has 1 aromatic carbocycles. The van der Waals surface area contributed by atoms with Gasteiger partial charge < -0.3 is 5.32 Å². The van der Waals surface area contributed by atoms with Gasteiger partial charge in [-0.2, -0.15) is 0 Å². The summed E-state index contributed by atoms with van der Waals surface area (Å²) in [5.74, 6) is 0. The lowest BCUT2D eigenvalue weighted by molar-refractivity contribution is -0.387. The third kappa shape index (κ3) is 3.77. The predicted molar refractivity (Wildman–Crippen MR) is 77.5 cm³/mol. The van der Waals surface area contributed by atoms with Crippen LogP contribution < -0.4 is 5.32 Å². The molecule has 0 saturated carbocycles. The predicted octanol–water partition coefficient (Wildman–Crippen LogP) is 2.15. The molecule has 0 amide bonds. The molecule has 2 atom stereocenters. The lowest BCUT2D eigenvalue weighted by Gasteiger charge is -2.18. The molecule has 0 aliphatic rings. The monoisotopic (exact) mass is 300 g/mol. The van der Waals surface area contributed by atoms with Gasteiger partial charge in [-0.25, -0.2) is 8.42 Å². The summed E-state index contributed by atoms with van der Waals surface area (Å²) in [6, 6.07) is 5.51. The van der Waals surface area contributed by atoms with Crippen LogP contribution in [0.3, 0.4) is 0 Å². The Morgan fingerprint density at radius 2 is 1.90 bits per heavy atom. The van der Waals surface area contributed by atoms with Crippen LogP contribution in [-0.4, -0.2) is 31.2 Å². The molecule has 6 nitrogen and oxygen atoms in total. The van der Waals surface area contributed by atoms with Crippen LogP contribution in [0.1, 0.15) is 27.2 Å². The first-order valence-electron chi connectivity index (χ1n) is 6.51. The van der Waals surface area contributed by atoms with Crippen molar-refractivity contribution in [3.63, 3.8) is 0 Å². The van der Waals surface area contributed by atoms with Crippen LogP contribution in [0.4, 0.5) is 5.69 Å². The lowest BCUT2D eigenvalue weighted by Crippen LogP contribution is -2.32. The molecule has 0 heterocycles. The molecule has 0 bridgehead atoms. The molecule has 2 unspecified atom stereocenters. The highest BCUT2D eigenvalue weighted by Crippen LogP contribution is 2.27. The number of sulfone groups is 1. The molecule has 1 rings (SSSR count). The van der Waals surface area contributed by atoms with Gasteiger partial charge in [0.2, 0.25) is 0 Å². The summed E-state index contributed by atoms with van der Waals surface area (Å²) in [6.07, 6.45) is 0.405. The Hall–Kier alpha value is -1.47. The lowest BCUT2D eigenvalue weighted by atomic mass is 10.2. The van der Waals surface area contributed by atoms with Crippen molar-refractivity contribution in [2.24, 2.45) is 0 Å². The standard InChI is InChI=1S/C13H20N2O4S/c1-4-14-10(2)9-11(3)20(18,19)13-8-6-5-7-12(13)15(16)17/h5-8,10-11,14H,4,9H2,1-3H3. The number of nitro groups is 1. The van der Waals surface area contributed by atoms with E-state index in [0.29, 0.717) is 6.42 Å². The van der Waals surface area contributed by atoms with Crippen LogP contribution >= 0.6 is 0 Å². The van der Waals surface area contributed by atoms with Crippen molar-refractivity contribution in [2.45, 2.75) is 43.4 Å². The van der Waals surface area contributed by atoms with E-state index in [1.165, 1.54) is 24.3 Å². The number of hydrogen-bond donors (Lipinski definition) is 1. The average Bonchev–Trinajstić information content (AvgIpc) is 2.38. The van der Waals surface area contributed by atoms with E-state index in [-0.39, 0.29) is 16.6 Å². The number of nitro benzene ring substituents is 1. The fourth-order valence-electron chi connectivity index (χ4n) is 2.12. The van der Waals surface area contributed by atoms with Crippen molar-refractivity contribution < 1.29 is 13.3 Å². The molecular weight excluding hydrogens is 280 g/mol. The number of rotatable bonds is 7. The van der Waals surface area contributed by atoms with Crippen molar-refractivity contribution in [3.05, 3.63) is 34.4 Å². The second kappa shape index (κ2) is 6.81. The highest BCUT2D eigenvalue weighted by atomic mass is 32.2. The molecule has 20 heavy (non-hydrogen) atoms. The minimum Gasteiger partial charge on any atom is -0.314 e. The van der Waals surface area contributed by atoms with Crippen LogP contribution in [0, 0.1) is 10.1 Å². The molecule has 0 fully saturated rings. The molecule has 1 N–H and O–H groups in total. The number of hydrogen-bond acceptors (Lipinski definition) is 5. The third-order valence-electron chi connectivity index (χ3n) is 3.14. The molecule has 0 aliphatic carbocycles. The fraction of sp³-hybridized carbons (Fsp3) is 0.538. The molecule has 0 saturated heterocycles. The van der Waals surface area contributed by atoms with E-state index in [1.807, 2.05) is 13.8 Å². The van der Waals surface area contributed by atoms with Gasteiger partial charge in [-0.3, -0.25) is 10.1 Å². The first-order chi connectivity index (χ1) is 9.30. The van der Waals surface area contributed by atoms with Gasteiger partial charge in [-0.1, -0.05) is 19.1 Å². The molecule has 0 spiro atoms. The van der Waals surface area contributed by atoms with E-state index >= 15 is 0 Å². The summed E-state index contributed by atoms with van der Waals surface area (Å²) in [5.41, 5.74) is -0.365. The van der Waals surface area contributed by atoms with E-state index in [9.17, 15) is 18.5 Å². The largest absolute Gasteiger partial charge is 0.314 e. The number of nitrogens with one attached hydrogen (secondary N) is 1. The van der Waals surface area contributed by atoms with Gasteiger partial charge in [-0.15, -0.1) is 0 Å². The van der Waals surface area contributed by atoms with Gasteiger partial charge in [0.1, 0.15) is 4.90 Å². The fourth-order valence-corrected chi connectivity index (χ4v) is 3.80. The summed E-state index contributed by atoms with van der Waals surface area (Å²) in [4.78, 5) is 10.1. The SMILES string of the molecule is CCNC(C)CC(C)S(=O)(=O)c1ccccc1[N+](=O)[O-]. The van der Waals surface area contributed by atoms with Crippen molar-refractivity contribution in [1.29, 1.82) is 0 Å². The minimum absolute atomic E-state index is 0.0348. The normalized spacial score (nSPS) is 14.8. The smallest absolute Gasteiger partial charge is 0.287 e. The Kier molecular flexibility index (Phi) is 5.64. The summed E-state index contributed by atoms with van der Waals surface area (Å²) in [5, 5.41) is 13.4. The molecule has 0 aromatic heterocycles. The van der Waals surface area contributed by atoms with Gasteiger partial charge in [-0.05, 0) is 32.9 Å². The maximum atomic E-state index is 12.5. The second-order valence-corrected chi connectivity index (χ2v) is 7.11. The Morgan fingerprint density at radius 3 is 2.45 bits per heavy atom. The maximum Gasteiger partial charge on any atom is 0.287 e. The number of para-hydroxylation sites is 1. The Balaban J connectivity index is 3.08. The van der Waals surface area contributed by atoms with E-state index in [2.05, 4.69) is 5.32 Å². The van der Waals surface area contributed by atoms with E-state index in [4.69, 9.17) is 0 Å². The molecule has 7 heteroatoms. The van der Waals surface area contributed by atoms with Gasteiger partial charge >= 0.3 is 0 Å². The summed E-state index contributed by atoms with van der Waals surface area (Å²) in [6.45, 7) is 6.17. The summed E-state index contributed by atoms with van der Waals surface area (Å²) < 4.78 is 24.9. The van der Waals surface area contributed by atoms with Crippen molar-refractivity contribution in [3.8, 4) is 0 Å². The van der Waals surface area contributed by atoms with E-state index in [1.54, 1.807) is 6.92 Å². The van der Waals surface area contributed by atoms with Crippen molar-refractivity contribution in [2.75, 3.05) is 6.54 Å². The van der Waals surface area contributed by atoms with E-state index in [0.717, 1.165) is 6.54 Å². The first kappa shape index (κ1) is 16.6. The quantitative estimate of drug-likeness (QED) is 0.615. The van der Waals surface area contributed by atoms with Crippen LogP contribution in [-0.2, 0) is 9.84 Å². The van der Waals surface area contributed by atoms with Gasteiger partial charge in [0, 0.05) is 12.1 Å². The second-order valence-electron chi connectivity index (χ2n) is 4.77. The van der Waals surface area contributed by atoms with Crippen LogP contribution in [0.2, 0.25) is 0 Å². The van der Waals surface area contributed by atoms with Crippen LogP contribution in [0.5, 0.6) is 0 Å². The molecule has 112 valence electrons. The first-order valence-corrected chi connectivity index (χ1v) is 8.06.